The van der Waals surface area contributed by atoms with Gasteiger partial charge in [-0.1, -0.05) is 36.4 Å². The van der Waals surface area contributed by atoms with E-state index >= 15 is 0 Å². The summed E-state index contributed by atoms with van der Waals surface area (Å²) in [4.78, 5) is 0. The second-order valence-corrected chi connectivity index (χ2v) is 5.65. The van der Waals surface area contributed by atoms with Crippen LogP contribution in [0.4, 0.5) is 17.1 Å². The van der Waals surface area contributed by atoms with Gasteiger partial charge in [-0.15, -0.1) is 5.11 Å². The van der Waals surface area contributed by atoms with Gasteiger partial charge in [-0.2, -0.15) is 5.11 Å². The van der Waals surface area contributed by atoms with Gasteiger partial charge in [-0.3, -0.25) is 0 Å². The molecule has 3 N–H and O–H groups in total. The van der Waals surface area contributed by atoms with E-state index in [2.05, 4.69) is 16.3 Å². The number of azo groups is 1. The van der Waals surface area contributed by atoms with Crippen LogP contribution in [0.25, 0.3) is 21.5 Å². The molecule has 0 atom stereocenters. The quantitative estimate of drug-likeness (QED) is 0.368. The summed E-state index contributed by atoms with van der Waals surface area (Å²) in [5.74, 6) is 0.108. The highest BCUT2D eigenvalue weighted by molar-refractivity contribution is 5.94. The van der Waals surface area contributed by atoms with Crippen LogP contribution in [0.2, 0.25) is 0 Å². The van der Waals surface area contributed by atoms with Crippen LogP contribution in [-0.2, 0) is 0 Å². The third kappa shape index (κ3) is 2.54. The summed E-state index contributed by atoms with van der Waals surface area (Å²) in [5, 5.41) is 22.7. The van der Waals surface area contributed by atoms with Crippen molar-refractivity contribution in [2.75, 3.05) is 5.73 Å². The number of benzene rings is 4. The van der Waals surface area contributed by atoms with Gasteiger partial charge in [-0.25, -0.2) is 0 Å². The Kier molecular flexibility index (Phi) is 3.35. The molecule has 0 radical (unpaired) electrons. The van der Waals surface area contributed by atoms with Crippen LogP contribution in [0, 0.1) is 0 Å². The Morgan fingerprint density at radius 1 is 0.708 bits per heavy atom. The predicted octanol–water partition coefficient (Wildman–Crippen LogP) is 5.70. The van der Waals surface area contributed by atoms with E-state index in [9.17, 15) is 5.11 Å². The highest BCUT2D eigenvalue weighted by atomic mass is 16.3. The van der Waals surface area contributed by atoms with Crippen LogP contribution in [0.5, 0.6) is 5.75 Å². The summed E-state index contributed by atoms with van der Waals surface area (Å²) < 4.78 is 0. The lowest BCUT2D eigenvalue weighted by Crippen LogP contribution is -1.83. The van der Waals surface area contributed by atoms with Crippen molar-refractivity contribution in [1.29, 1.82) is 0 Å². The minimum absolute atomic E-state index is 0.108. The zero-order valence-corrected chi connectivity index (χ0v) is 12.8. The van der Waals surface area contributed by atoms with Crippen LogP contribution >= 0.6 is 0 Å². The fraction of sp³-hybridized carbons (Fsp3) is 0. The van der Waals surface area contributed by atoms with Crippen molar-refractivity contribution in [1.82, 2.24) is 0 Å². The van der Waals surface area contributed by atoms with E-state index in [0.29, 0.717) is 16.8 Å². The summed E-state index contributed by atoms with van der Waals surface area (Å²) in [5.41, 5.74) is 7.60. The molecular weight excluding hydrogens is 298 g/mol. The Hall–Kier alpha value is -3.40. The average molecular weight is 313 g/mol. The van der Waals surface area contributed by atoms with Crippen molar-refractivity contribution in [3.63, 3.8) is 0 Å². The molecule has 0 saturated heterocycles. The molecule has 0 aliphatic carbocycles. The number of nitrogens with two attached hydrogens (primary N) is 1. The smallest absolute Gasteiger partial charge is 0.150 e. The van der Waals surface area contributed by atoms with Gasteiger partial charge in [0.05, 0.1) is 5.69 Å². The van der Waals surface area contributed by atoms with Crippen molar-refractivity contribution in [2.24, 2.45) is 10.2 Å². The average Bonchev–Trinajstić information content (AvgIpc) is 2.61. The molecule has 0 aliphatic rings. The van der Waals surface area contributed by atoms with Crippen LogP contribution in [-0.4, -0.2) is 5.11 Å². The van der Waals surface area contributed by atoms with E-state index in [1.54, 1.807) is 18.2 Å². The van der Waals surface area contributed by atoms with Crippen molar-refractivity contribution in [3.05, 3.63) is 72.8 Å². The minimum Gasteiger partial charge on any atom is -0.505 e. The Morgan fingerprint density at radius 2 is 1.50 bits per heavy atom. The Labute approximate surface area is 138 Å². The molecule has 0 spiro atoms. The molecule has 0 heterocycles. The maximum atomic E-state index is 10.4. The number of hydrogen-bond donors (Lipinski definition) is 2. The molecule has 0 unspecified atom stereocenters. The van der Waals surface area contributed by atoms with E-state index in [4.69, 9.17) is 5.73 Å². The first-order valence-electron chi connectivity index (χ1n) is 7.62. The lowest BCUT2D eigenvalue weighted by molar-refractivity contribution is 0.482. The SMILES string of the molecule is Nc1ccc2c(O)c(N=Nc3ccc4ccccc4c3)ccc2c1. The van der Waals surface area contributed by atoms with E-state index in [1.807, 2.05) is 48.5 Å². The number of anilines is 1. The van der Waals surface area contributed by atoms with Gasteiger partial charge in [0.15, 0.2) is 5.75 Å². The standard InChI is InChI=1S/C20H15N3O/c21-16-7-9-18-15(11-16)6-10-19(20(18)24)23-22-17-8-5-13-3-1-2-4-14(13)12-17/h1-12,24H,21H2. The van der Waals surface area contributed by atoms with Crippen LogP contribution in [0.15, 0.2) is 83.0 Å². The van der Waals surface area contributed by atoms with E-state index in [-0.39, 0.29) is 5.75 Å². The summed E-state index contributed by atoms with van der Waals surface area (Å²) in [6, 6.07) is 22.9. The van der Waals surface area contributed by atoms with Gasteiger partial charge in [0.1, 0.15) is 5.69 Å². The van der Waals surface area contributed by atoms with E-state index in [0.717, 1.165) is 21.8 Å². The van der Waals surface area contributed by atoms with Gasteiger partial charge in [0.25, 0.3) is 0 Å². The van der Waals surface area contributed by atoms with Crippen molar-refractivity contribution in [3.8, 4) is 5.75 Å². The number of fused-ring (bicyclic) bond motifs is 2. The first-order chi connectivity index (χ1) is 11.7. The molecule has 0 fully saturated rings. The first kappa shape index (κ1) is 14.2. The van der Waals surface area contributed by atoms with Crippen molar-refractivity contribution in [2.45, 2.75) is 0 Å². The Balaban J connectivity index is 1.73. The molecule has 4 rings (SSSR count). The van der Waals surface area contributed by atoms with Gasteiger partial charge >= 0.3 is 0 Å². The molecule has 0 aliphatic heterocycles. The number of aromatic hydroxyl groups is 1. The fourth-order valence-corrected chi connectivity index (χ4v) is 2.75. The van der Waals surface area contributed by atoms with Crippen LogP contribution in [0.3, 0.4) is 0 Å². The molecule has 24 heavy (non-hydrogen) atoms. The molecule has 0 aromatic heterocycles. The summed E-state index contributed by atoms with van der Waals surface area (Å²) in [7, 11) is 0. The highest BCUT2D eigenvalue weighted by Crippen LogP contribution is 2.36. The largest absolute Gasteiger partial charge is 0.505 e. The number of phenolic OH excluding ortho intramolecular Hbond substituents is 1. The molecule has 4 aromatic rings. The molecule has 0 saturated carbocycles. The highest BCUT2D eigenvalue weighted by Gasteiger charge is 2.06. The predicted molar refractivity (Wildman–Crippen MR) is 98.1 cm³/mol. The molecule has 4 heteroatoms. The molecule has 4 nitrogen and oxygen atoms in total. The van der Waals surface area contributed by atoms with E-state index in [1.165, 1.54) is 0 Å². The zero-order chi connectivity index (χ0) is 16.5. The summed E-state index contributed by atoms with van der Waals surface area (Å²) in [6.45, 7) is 0. The topological polar surface area (TPSA) is 71.0 Å². The number of nitrogen functional groups attached to an aromatic ring is 1. The van der Waals surface area contributed by atoms with E-state index < -0.39 is 0 Å². The molecule has 116 valence electrons. The number of nitrogens with zero attached hydrogens (tertiary/aromatic N) is 2. The molecular formula is C20H15N3O. The van der Waals surface area contributed by atoms with Crippen molar-refractivity contribution >= 4 is 38.6 Å². The normalized spacial score (nSPS) is 11.5. The third-order valence-corrected chi connectivity index (χ3v) is 4.00. The van der Waals surface area contributed by atoms with Gasteiger partial charge < -0.3 is 10.8 Å². The maximum Gasteiger partial charge on any atom is 0.150 e. The monoisotopic (exact) mass is 313 g/mol. The van der Waals surface area contributed by atoms with Gasteiger partial charge in [-0.05, 0) is 52.6 Å². The number of hydrogen-bond acceptors (Lipinski definition) is 4. The minimum atomic E-state index is 0.108. The van der Waals surface area contributed by atoms with Crippen LogP contribution < -0.4 is 5.73 Å². The maximum absolute atomic E-state index is 10.4. The molecule has 0 bridgehead atoms. The molecule has 4 aromatic carbocycles. The second kappa shape index (κ2) is 5.66. The fourth-order valence-electron chi connectivity index (χ4n) is 2.75. The number of rotatable bonds is 2. The second-order valence-electron chi connectivity index (χ2n) is 5.65. The van der Waals surface area contributed by atoms with Crippen LogP contribution in [0.1, 0.15) is 0 Å². The first-order valence-corrected chi connectivity index (χ1v) is 7.62. The Morgan fingerprint density at radius 3 is 2.38 bits per heavy atom. The third-order valence-electron chi connectivity index (χ3n) is 4.00. The molecule has 0 amide bonds. The van der Waals surface area contributed by atoms with Gasteiger partial charge in [0.2, 0.25) is 0 Å². The van der Waals surface area contributed by atoms with Gasteiger partial charge in [0, 0.05) is 11.1 Å². The lowest BCUT2D eigenvalue weighted by Gasteiger charge is -2.04. The summed E-state index contributed by atoms with van der Waals surface area (Å²) >= 11 is 0. The summed E-state index contributed by atoms with van der Waals surface area (Å²) in [6.07, 6.45) is 0. The van der Waals surface area contributed by atoms with Crippen molar-refractivity contribution < 1.29 is 5.11 Å². The lowest BCUT2D eigenvalue weighted by atomic mass is 10.1. The number of phenols is 1. The zero-order valence-electron chi connectivity index (χ0n) is 12.8. The Bertz CT molecular complexity index is 1090.